The summed E-state index contributed by atoms with van der Waals surface area (Å²) in [6.45, 7) is 3.83. The molecule has 5 nitrogen and oxygen atoms in total. The van der Waals surface area contributed by atoms with Crippen molar-refractivity contribution in [3.63, 3.8) is 0 Å². The van der Waals surface area contributed by atoms with Crippen molar-refractivity contribution < 1.29 is 13.2 Å². The van der Waals surface area contributed by atoms with Gasteiger partial charge < -0.3 is 4.90 Å². The van der Waals surface area contributed by atoms with Crippen LogP contribution in [-0.2, 0) is 10.0 Å². The predicted molar refractivity (Wildman–Crippen MR) is 120 cm³/mol. The molecule has 4 rings (SSSR count). The summed E-state index contributed by atoms with van der Waals surface area (Å²) in [5, 5.41) is 0.402. The van der Waals surface area contributed by atoms with Gasteiger partial charge in [-0.1, -0.05) is 19.1 Å². The normalized spacial score (nSPS) is 20.3. The summed E-state index contributed by atoms with van der Waals surface area (Å²) < 4.78 is 28.1. The second-order valence-corrected chi connectivity index (χ2v) is 11.7. The molecule has 8 heteroatoms. The number of carbonyl (C=O) groups excluding carboxylic acids is 1. The Kier molecular flexibility index (Phi) is 6.06. The van der Waals surface area contributed by atoms with Gasteiger partial charge in [-0.2, -0.15) is 4.31 Å². The van der Waals surface area contributed by atoms with Gasteiger partial charge in [0.25, 0.3) is 5.91 Å². The average Bonchev–Trinajstić information content (AvgIpc) is 3.19. The van der Waals surface area contributed by atoms with Gasteiger partial charge in [-0.3, -0.25) is 4.79 Å². The molecule has 1 saturated heterocycles. The second-order valence-electron chi connectivity index (χ2n) is 7.39. The van der Waals surface area contributed by atoms with Crippen molar-refractivity contribution in [1.82, 2.24) is 4.31 Å². The molecule has 2 heterocycles. The second kappa shape index (κ2) is 8.41. The summed E-state index contributed by atoms with van der Waals surface area (Å²) in [7, 11) is -3.58. The molecule has 154 valence electrons. The third-order valence-electron chi connectivity index (χ3n) is 5.36. The van der Waals surface area contributed by atoms with Crippen LogP contribution in [0.1, 0.15) is 36.5 Å². The van der Waals surface area contributed by atoms with Crippen molar-refractivity contribution in [3.8, 4) is 0 Å². The standard InChI is InChI=1S/C21H23BrN2O3S2/c1-15-10-13-24(19-6-2-3-7-20(19)28-15)21(25)17-14-16(8-9-18(17)22)29(26,27)23-11-4-5-12-23/h2-3,6-9,14-15H,4-5,10-13H2,1H3. The molecule has 0 radical (unpaired) electrons. The lowest BCUT2D eigenvalue weighted by Gasteiger charge is -2.24. The number of fused-ring (bicyclic) bond motifs is 1. The maximum atomic E-state index is 13.5. The van der Waals surface area contributed by atoms with Crippen LogP contribution < -0.4 is 4.90 Å². The van der Waals surface area contributed by atoms with E-state index in [0.717, 1.165) is 29.8 Å². The minimum Gasteiger partial charge on any atom is -0.307 e. The number of rotatable bonds is 3. The quantitative estimate of drug-likeness (QED) is 0.616. The number of sulfonamides is 1. The molecule has 2 aromatic carbocycles. The lowest BCUT2D eigenvalue weighted by Crippen LogP contribution is -2.33. The van der Waals surface area contributed by atoms with Gasteiger partial charge >= 0.3 is 0 Å². The third-order valence-corrected chi connectivity index (χ3v) is 9.18. The third kappa shape index (κ3) is 4.13. The van der Waals surface area contributed by atoms with Gasteiger partial charge in [-0.25, -0.2) is 8.42 Å². The first kappa shape index (κ1) is 20.9. The van der Waals surface area contributed by atoms with E-state index < -0.39 is 10.0 Å². The van der Waals surface area contributed by atoms with Crippen molar-refractivity contribution >= 4 is 49.3 Å². The van der Waals surface area contributed by atoms with E-state index in [1.54, 1.807) is 28.8 Å². The van der Waals surface area contributed by atoms with Gasteiger partial charge in [-0.15, -0.1) is 11.8 Å². The zero-order chi connectivity index (χ0) is 20.6. The molecule has 2 aliphatic heterocycles. The molecule has 0 aliphatic carbocycles. The lowest BCUT2D eigenvalue weighted by molar-refractivity contribution is 0.0985. The molecule has 1 atom stereocenters. The largest absolute Gasteiger partial charge is 0.307 e. The summed E-state index contributed by atoms with van der Waals surface area (Å²) >= 11 is 5.23. The first-order chi connectivity index (χ1) is 13.9. The molecule has 1 unspecified atom stereocenters. The number of nitrogens with zero attached hydrogens (tertiary/aromatic N) is 2. The predicted octanol–water partition coefficient (Wildman–Crippen LogP) is 4.76. The van der Waals surface area contributed by atoms with Crippen molar-refractivity contribution in [2.45, 2.75) is 41.2 Å². The monoisotopic (exact) mass is 494 g/mol. The summed E-state index contributed by atoms with van der Waals surface area (Å²) in [6, 6.07) is 12.7. The highest BCUT2D eigenvalue weighted by Gasteiger charge is 2.30. The molecule has 1 fully saturated rings. The van der Waals surface area contributed by atoms with Crippen LogP contribution >= 0.6 is 27.7 Å². The Morgan fingerprint density at radius 1 is 1.10 bits per heavy atom. The van der Waals surface area contributed by atoms with E-state index in [0.29, 0.717) is 34.9 Å². The molecule has 29 heavy (non-hydrogen) atoms. The van der Waals surface area contributed by atoms with Gasteiger partial charge in [0.2, 0.25) is 10.0 Å². The van der Waals surface area contributed by atoms with Crippen LogP contribution in [0.4, 0.5) is 5.69 Å². The Hall–Kier alpha value is -1.35. The van der Waals surface area contributed by atoms with Crippen molar-refractivity contribution in [2.75, 3.05) is 24.5 Å². The van der Waals surface area contributed by atoms with Crippen LogP contribution in [0.5, 0.6) is 0 Å². The topological polar surface area (TPSA) is 57.7 Å². The minimum atomic E-state index is -3.58. The van der Waals surface area contributed by atoms with E-state index in [-0.39, 0.29) is 10.8 Å². The number of carbonyl (C=O) groups is 1. The first-order valence-electron chi connectivity index (χ1n) is 9.75. The zero-order valence-electron chi connectivity index (χ0n) is 16.2. The smallest absolute Gasteiger partial charge is 0.259 e. The highest BCUT2D eigenvalue weighted by atomic mass is 79.9. The fraction of sp³-hybridized carbons (Fsp3) is 0.381. The van der Waals surface area contributed by atoms with E-state index in [2.05, 4.69) is 22.9 Å². The van der Waals surface area contributed by atoms with E-state index >= 15 is 0 Å². The van der Waals surface area contributed by atoms with E-state index in [1.807, 2.05) is 24.3 Å². The van der Waals surface area contributed by atoms with E-state index in [1.165, 1.54) is 10.4 Å². The van der Waals surface area contributed by atoms with Gasteiger partial charge in [0.15, 0.2) is 0 Å². The van der Waals surface area contributed by atoms with Crippen LogP contribution in [0.2, 0.25) is 0 Å². The molecule has 0 N–H and O–H groups in total. The maximum absolute atomic E-state index is 13.5. The summed E-state index contributed by atoms with van der Waals surface area (Å²) in [6.07, 6.45) is 2.62. The maximum Gasteiger partial charge on any atom is 0.259 e. The van der Waals surface area contributed by atoms with Crippen LogP contribution in [0, 0.1) is 0 Å². The Bertz CT molecular complexity index is 1040. The van der Waals surface area contributed by atoms with Gasteiger partial charge in [-0.05, 0) is 65.5 Å². The molecule has 2 aromatic rings. The zero-order valence-corrected chi connectivity index (χ0v) is 19.4. The molecule has 1 amide bonds. The fourth-order valence-electron chi connectivity index (χ4n) is 3.75. The van der Waals surface area contributed by atoms with Crippen LogP contribution in [0.3, 0.4) is 0 Å². The number of para-hydroxylation sites is 1. The Morgan fingerprint density at radius 3 is 2.59 bits per heavy atom. The lowest BCUT2D eigenvalue weighted by atomic mass is 10.1. The summed E-state index contributed by atoms with van der Waals surface area (Å²) in [5.74, 6) is -0.183. The summed E-state index contributed by atoms with van der Waals surface area (Å²) in [5.41, 5.74) is 1.26. The van der Waals surface area contributed by atoms with Crippen molar-refractivity contribution in [1.29, 1.82) is 0 Å². The number of thioether (sulfide) groups is 1. The molecule has 0 bridgehead atoms. The fourth-order valence-corrected chi connectivity index (χ4v) is 6.82. The van der Waals surface area contributed by atoms with Crippen LogP contribution in [-0.4, -0.2) is 43.5 Å². The molecular formula is C21H23BrN2O3S2. The number of amides is 1. The van der Waals surface area contributed by atoms with Crippen molar-refractivity contribution in [3.05, 3.63) is 52.5 Å². The molecule has 0 aromatic heterocycles. The number of benzene rings is 2. The van der Waals surface area contributed by atoms with Crippen LogP contribution in [0.25, 0.3) is 0 Å². The molecule has 0 saturated carbocycles. The minimum absolute atomic E-state index is 0.178. The van der Waals surface area contributed by atoms with Gasteiger partial charge in [0, 0.05) is 34.3 Å². The van der Waals surface area contributed by atoms with Crippen LogP contribution in [0.15, 0.2) is 56.7 Å². The number of hydrogen-bond acceptors (Lipinski definition) is 4. The Morgan fingerprint density at radius 2 is 1.83 bits per heavy atom. The number of anilines is 1. The number of halogens is 1. The Labute approximate surface area is 184 Å². The molecule has 0 spiro atoms. The van der Waals surface area contributed by atoms with Gasteiger partial charge in [0.05, 0.1) is 16.1 Å². The highest BCUT2D eigenvalue weighted by molar-refractivity contribution is 9.10. The SMILES string of the molecule is CC1CCN(C(=O)c2cc(S(=O)(=O)N3CCCC3)ccc2Br)c2ccccc2S1. The average molecular weight is 495 g/mol. The highest BCUT2D eigenvalue weighted by Crippen LogP contribution is 2.38. The summed E-state index contributed by atoms with van der Waals surface area (Å²) in [4.78, 5) is 16.5. The number of hydrogen-bond donors (Lipinski definition) is 0. The van der Waals surface area contributed by atoms with E-state index in [4.69, 9.17) is 0 Å². The first-order valence-corrected chi connectivity index (χ1v) is 12.9. The van der Waals surface area contributed by atoms with E-state index in [9.17, 15) is 13.2 Å². The van der Waals surface area contributed by atoms with Gasteiger partial charge in [0.1, 0.15) is 0 Å². The van der Waals surface area contributed by atoms with Crippen molar-refractivity contribution in [2.24, 2.45) is 0 Å². The molecule has 2 aliphatic rings. The molecular weight excluding hydrogens is 472 g/mol. The Balaban J connectivity index is 1.72.